The summed E-state index contributed by atoms with van der Waals surface area (Å²) in [5.41, 5.74) is 4.24. The van der Waals surface area contributed by atoms with Gasteiger partial charge < -0.3 is 10.6 Å². The molecule has 1 unspecified atom stereocenters. The number of benzene rings is 1. The Hall–Kier alpha value is -2.46. The number of hydrogen-bond acceptors (Lipinski definition) is 4. The van der Waals surface area contributed by atoms with Crippen molar-refractivity contribution in [3.8, 4) is 11.5 Å². The molecule has 1 heterocycles. The molecule has 1 aliphatic rings. The van der Waals surface area contributed by atoms with Crippen LogP contribution in [0, 0.1) is 5.92 Å². The summed E-state index contributed by atoms with van der Waals surface area (Å²) in [6.45, 7) is 10.0. The van der Waals surface area contributed by atoms with E-state index in [1.165, 1.54) is 0 Å². The highest BCUT2D eigenvalue weighted by Gasteiger charge is 2.28. The Balaban J connectivity index is 0.00000208. The van der Waals surface area contributed by atoms with Crippen LogP contribution in [-0.4, -0.2) is 10.7 Å². The predicted molar refractivity (Wildman–Crippen MR) is 99.5 cm³/mol. The molecule has 24 heavy (non-hydrogen) atoms. The van der Waals surface area contributed by atoms with Gasteiger partial charge >= 0.3 is 0 Å². The Morgan fingerprint density at radius 3 is 2.79 bits per heavy atom. The van der Waals surface area contributed by atoms with Crippen LogP contribution in [-0.2, 0) is 12.8 Å². The van der Waals surface area contributed by atoms with Gasteiger partial charge in [0.1, 0.15) is 5.76 Å². The van der Waals surface area contributed by atoms with Crippen LogP contribution in [0.1, 0.15) is 31.2 Å². The summed E-state index contributed by atoms with van der Waals surface area (Å²) in [5, 5.41) is 0. The molecule has 0 saturated carbocycles. The first-order valence-electron chi connectivity index (χ1n) is 8.13. The highest BCUT2D eigenvalue weighted by Crippen LogP contribution is 2.32. The van der Waals surface area contributed by atoms with Crippen molar-refractivity contribution in [2.24, 2.45) is 10.9 Å². The molecule has 1 atom stereocenters. The highest BCUT2D eigenvalue weighted by molar-refractivity contribution is 6.01. The molecule has 3 rings (SSSR count). The van der Waals surface area contributed by atoms with Crippen molar-refractivity contribution in [3.63, 3.8) is 0 Å². The summed E-state index contributed by atoms with van der Waals surface area (Å²) in [6, 6.07) is 10.1. The van der Waals surface area contributed by atoms with E-state index in [9.17, 15) is 0 Å². The van der Waals surface area contributed by atoms with Crippen molar-refractivity contribution in [1.82, 2.24) is 11.1 Å². The SMILES string of the molecule is C=CN=C(C(=C)CC)C1CCc2oc(-c3ccccc3)nc2C1.N. The van der Waals surface area contributed by atoms with E-state index >= 15 is 0 Å². The van der Waals surface area contributed by atoms with Gasteiger partial charge in [-0.15, -0.1) is 0 Å². The third-order valence-corrected chi connectivity index (χ3v) is 4.36. The van der Waals surface area contributed by atoms with Gasteiger partial charge in [-0.2, -0.15) is 0 Å². The molecule has 126 valence electrons. The first kappa shape index (κ1) is 17.9. The smallest absolute Gasteiger partial charge is 0.226 e. The van der Waals surface area contributed by atoms with E-state index in [0.29, 0.717) is 11.8 Å². The van der Waals surface area contributed by atoms with E-state index < -0.39 is 0 Å². The quantitative estimate of drug-likeness (QED) is 0.772. The molecule has 2 aromatic rings. The number of aryl methyl sites for hydroxylation is 1. The van der Waals surface area contributed by atoms with Crippen LogP contribution in [0.3, 0.4) is 0 Å². The second-order valence-corrected chi connectivity index (χ2v) is 5.85. The molecule has 0 fully saturated rings. The number of aromatic nitrogens is 1. The fourth-order valence-corrected chi connectivity index (χ4v) is 3.08. The third kappa shape index (κ3) is 3.54. The van der Waals surface area contributed by atoms with E-state index in [0.717, 1.165) is 54.0 Å². The summed E-state index contributed by atoms with van der Waals surface area (Å²) in [6.07, 6.45) is 5.29. The van der Waals surface area contributed by atoms with Gasteiger partial charge in [-0.3, -0.25) is 4.99 Å². The van der Waals surface area contributed by atoms with Gasteiger partial charge in [0.15, 0.2) is 0 Å². The first-order chi connectivity index (χ1) is 11.2. The lowest BCUT2D eigenvalue weighted by atomic mass is 9.83. The number of allylic oxidation sites excluding steroid dienone is 1. The second-order valence-electron chi connectivity index (χ2n) is 5.85. The number of aliphatic imine (C=N–C) groups is 1. The Kier molecular flexibility index (Phi) is 5.88. The highest BCUT2D eigenvalue weighted by atomic mass is 16.4. The Morgan fingerprint density at radius 1 is 1.38 bits per heavy atom. The number of fused-ring (bicyclic) bond motifs is 1. The molecule has 0 spiro atoms. The minimum Gasteiger partial charge on any atom is -0.441 e. The standard InChI is InChI=1S/C20H22N2O.H3N/c1-4-14(3)19(21-5-2)16-11-12-18-17(13-16)22-20(23-18)15-9-7-6-8-10-15;/h5-10,16H,2-4,11-13H2,1H3;1H3. The van der Waals surface area contributed by atoms with Gasteiger partial charge in [-0.05, 0) is 30.5 Å². The predicted octanol–water partition coefficient (Wildman–Crippen LogP) is 5.16. The maximum absolute atomic E-state index is 5.97. The molecule has 1 aromatic heterocycles. The van der Waals surface area contributed by atoms with Gasteiger partial charge in [0, 0.05) is 36.2 Å². The molecule has 1 aliphatic carbocycles. The average molecular weight is 323 g/mol. The minimum atomic E-state index is 0. The zero-order chi connectivity index (χ0) is 16.2. The number of hydrogen-bond donors (Lipinski definition) is 1. The normalized spacial score (nSPS) is 16.9. The summed E-state index contributed by atoms with van der Waals surface area (Å²) < 4.78 is 5.97. The molecule has 0 aliphatic heterocycles. The van der Waals surface area contributed by atoms with E-state index in [1.54, 1.807) is 6.20 Å². The monoisotopic (exact) mass is 323 g/mol. The van der Waals surface area contributed by atoms with Crippen molar-refractivity contribution >= 4 is 5.71 Å². The number of nitrogens with zero attached hydrogens (tertiary/aromatic N) is 2. The van der Waals surface area contributed by atoms with Crippen LogP contribution in [0.4, 0.5) is 0 Å². The lowest BCUT2D eigenvalue weighted by Crippen LogP contribution is -2.23. The average Bonchev–Trinajstić information content (AvgIpc) is 3.03. The largest absolute Gasteiger partial charge is 0.441 e. The molecule has 1 aromatic carbocycles. The Bertz CT molecular complexity index is 743. The van der Waals surface area contributed by atoms with Gasteiger partial charge in [0.05, 0.1) is 5.69 Å². The van der Waals surface area contributed by atoms with Gasteiger partial charge in [0.25, 0.3) is 0 Å². The molecule has 3 N–H and O–H groups in total. The zero-order valence-corrected chi connectivity index (χ0v) is 14.3. The lowest BCUT2D eigenvalue weighted by molar-refractivity contribution is 0.463. The summed E-state index contributed by atoms with van der Waals surface area (Å²) in [4.78, 5) is 9.20. The molecular weight excluding hydrogens is 298 g/mol. The molecule has 0 saturated heterocycles. The molecular formula is C20H25N3O. The molecule has 4 heteroatoms. The van der Waals surface area contributed by atoms with Crippen molar-refractivity contribution in [2.75, 3.05) is 0 Å². The zero-order valence-electron chi connectivity index (χ0n) is 14.3. The molecule has 0 amide bonds. The van der Waals surface area contributed by atoms with Crippen molar-refractivity contribution < 1.29 is 4.42 Å². The van der Waals surface area contributed by atoms with Crippen LogP contribution in [0.25, 0.3) is 11.5 Å². The van der Waals surface area contributed by atoms with Crippen LogP contribution < -0.4 is 6.15 Å². The van der Waals surface area contributed by atoms with Gasteiger partial charge in [0.2, 0.25) is 5.89 Å². The van der Waals surface area contributed by atoms with E-state index in [4.69, 9.17) is 9.40 Å². The lowest BCUT2D eigenvalue weighted by Gasteiger charge is -2.22. The van der Waals surface area contributed by atoms with Crippen molar-refractivity contribution in [3.05, 3.63) is 66.7 Å². The van der Waals surface area contributed by atoms with Crippen molar-refractivity contribution in [1.29, 1.82) is 0 Å². The molecule has 4 nitrogen and oxygen atoms in total. The fourth-order valence-electron chi connectivity index (χ4n) is 3.08. The molecule has 0 bridgehead atoms. The van der Waals surface area contributed by atoms with E-state index in [1.807, 2.05) is 30.3 Å². The van der Waals surface area contributed by atoms with E-state index in [2.05, 4.69) is 25.1 Å². The van der Waals surface area contributed by atoms with Gasteiger partial charge in [-0.25, -0.2) is 4.98 Å². The summed E-state index contributed by atoms with van der Waals surface area (Å²) in [5.74, 6) is 2.08. The number of oxazole rings is 1. The van der Waals surface area contributed by atoms with Crippen LogP contribution in [0.15, 0.2) is 64.7 Å². The summed E-state index contributed by atoms with van der Waals surface area (Å²) >= 11 is 0. The summed E-state index contributed by atoms with van der Waals surface area (Å²) in [7, 11) is 0. The topological polar surface area (TPSA) is 73.4 Å². The van der Waals surface area contributed by atoms with E-state index in [-0.39, 0.29) is 6.15 Å². The van der Waals surface area contributed by atoms with Crippen LogP contribution >= 0.6 is 0 Å². The second kappa shape index (κ2) is 7.88. The third-order valence-electron chi connectivity index (χ3n) is 4.36. The molecule has 0 radical (unpaired) electrons. The maximum atomic E-state index is 5.97. The Labute approximate surface area is 143 Å². The Morgan fingerprint density at radius 2 is 2.12 bits per heavy atom. The van der Waals surface area contributed by atoms with Crippen LogP contribution in [0.2, 0.25) is 0 Å². The van der Waals surface area contributed by atoms with Crippen molar-refractivity contribution in [2.45, 2.75) is 32.6 Å². The van der Waals surface area contributed by atoms with Crippen LogP contribution in [0.5, 0.6) is 0 Å². The number of rotatable bonds is 5. The first-order valence-corrected chi connectivity index (χ1v) is 8.13. The fraction of sp³-hybridized carbons (Fsp3) is 0.300. The maximum Gasteiger partial charge on any atom is 0.226 e. The van der Waals surface area contributed by atoms with Gasteiger partial charge in [-0.1, -0.05) is 38.3 Å². The minimum absolute atomic E-state index is 0.